The smallest absolute Gasteiger partial charge is 0.221 e. The summed E-state index contributed by atoms with van der Waals surface area (Å²) in [6, 6.07) is 13.7. The predicted molar refractivity (Wildman–Crippen MR) is 196 cm³/mol. The van der Waals surface area contributed by atoms with Crippen molar-refractivity contribution in [1.29, 1.82) is 0 Å². The molecular formula is C40H49IrN2O4S-. The predicted octanol–water partition coefficient (Wildman–Crippen LogP) is 12.1. The third kappa shape index (κ3) is 7.82. The van der Waals surface area contributed by atoms with E-state index in [1.165, 1.54) is 11.6 Å². The van der Waals surface area contributed by atoms with Crippen molar-refractivity contribution < 1.29 is 38.8 Å². The number of fused-ring (bicyclic) bond motifs is 5. The van der Waals surface area contributed by atoms with E-state index in [2.05, 4.69) is 55.5 Å². The molecule has 0 bridgehead atoms. The Kier molecular flexibility index (Phi) is 12.7. The van der Waals surface area contributed by atoms with Gasteiger partial charge in [0.25, 0.3) is 0 Å². The topological polar surface area (TPSA) is 89.4 Å². The summed E-state index contributed by atoms with van der Waals surface area (Å²) in [5, 5.41) is 14.8. The van der Waals surface area contributed by atoms with E-state index in [1.54, 1.807) is 18.1 Å². The number of benzene rings is 2. The van der Waals surface area contributed by atoms with Gasteiger partial charge in [-0.3, -0.25) is 9.78 Å². The van der Waals surface area contributed by atoms with Gasteiger partial charge in [0, 0.05) is 58.9 Å². The fourth-order valence-electron chi connectivity index (χ4n) is 5.57. The number of hydrogen-bond acceptors (Lipinski definition) is 7. The molecule has 5 rings (SSSR count). The molecule has 0 atom stereocenters. The summed E-state index contributed by atoms with van der Waals surface area (Å²) in [7, 11) is 0. The summed E-state index contributed by atoms with van der Waals surface area (Å²) < 4.78 is 12.0. The van der Waals surface area contributed by atoms with Crippen LogP contribution < -0.4 is 0 Å². The molecule has 0 fully saturated rings. The first-order valence-electron chi connectivity index (χ1n) is 16.5. The van der Waals surface area contributed by atoms with E-state index in [9.17, 15) is 9.90 Å². The Labute approximate surface area is 303 Å². The first-order valence-corrected chi connectivity index (χ1v) is 17.4. The molecule has 0 aliphatic heterocycles. The number of aliphatic hydroxyl groups excluding tert-OH is 1. The molecule has 0 aliphatic rings. The fraction of sp³-hybridized carbons (Fsp3) is 0.425. The maximum absolute atomic E-state index is 12.2. The van der Waals surface area contributed by atoms with Gasteiger partial charge in [0.15, 0.2) is 16.9 Å². The van der Waals surface area contributed by atoms with Crippen LogP contribution in [0.15, 0.2) is 74.2 Å². The number of carbonyl (C=O) groups excluding carboxylic acids is 1. The van der Waals surface area contributed by atoms with Crippen molar-refractivity contribution in [3.63, 3.8) is 0 Å². The SMILES string of the molecule is C=CSc1c[c-]c(-c2ncnc3oc4c(ccc5cc(C)oc54)c23)cc1C(C)(C)C.CCC(C)(CC)C(=O)/C=C(\O)C(C)(CC)CC.[Ir]. The third-order valence-electron chi connectivity index (χ3n) is 9.83. The summed E-state index contributed by atoms with van der Waals surface area (Å²) in [6.07, 6.45) is 6.30. The molecular weight excluding hydrogens is 797 g/mol. The van der Waals surface area contributed by atoms with Crippen molar-refractivity contribution >= 4 is 50.6 Å². The van der Waals surface area contributed by atoms with Crippen LogP contribution in [0.4, 0.5) is 0 Å². The zero-order valence-electron chi connectivity index (χ0n) is 30.0. The first kappa shape index (κ1) is 39.2. The van der Waals surface area contributed by atoms with Gasteiger partial charge in [-0.1, -0.05) is 85.9 Å². The van der Waals surface area contributed by atoms with Gasteiger partial charge in [-0.2, -0.15) is 11.8 Å². The molecule has 2 aromatic carbocycles. The molecule has 259 valence electrons. The van der Waals surface area contributed by atoms with Crippen molar-refractivity contribution in [2.24, 2.45) is 10.8 Å². The summed E-state index contributed by atoms with van der Waals surface area (Å²) >= 11 is 1.61. The van der Waals surface area contributed by atoms with Crippen LogP contribution in [0.2, 0.25) is 0 Å². The molecule has 0 unspecified atom stereocenters. The number of hydrogen-bond donors (Lipinski definition) is 1. The van der Waals surface area contributed by atoms with Crippen LogP contribution in [0.1, 0.15) is 99.3 Å². The van der Waals surface area contributed by atoms with E-state index < -0.39 is 0 Å². The number of rotatable bonds is 10. The van der Waals surface area contributed by atoms with Gasteiger partial charge >= 0.3 is 0 Å². The number of aromatic nitrogens is 2. The average molecular weight is 846 g/mol. The van der Waals surface area contributed by atoms with E-state index in [0.717, 1.165) is 69.3 Å². The molecule has 0 amide bonds. The molecule has 1 radical (unpaired) electrons. The van der Waals surface area contributed by atoms with Crippen LogP contribution in [-0.2, 0) is 30.3 Å². The van der Waals surface area contributed by atoms with Gasteiger partial charge in [0.1, 0.15) is 17.8 Å². The van der Waals surface area contributed by atoms with Crippen LogP contribution in [0.25, 0.3) is 44.3 Å². The molecule has 0 aliphatic carbocycles. The monoisotopic (exact) mass is 846 g/mol. The minimum absolute atomic E-state index is 0. The van der Waals surface area contributed by atoms with E-state index in [0.29, 0.717) is 11.3 Å². The van der Waals surface area contributed by atoms with Gasteiger partial charge in [-0.15, -0.1) is 29.3 Å². The molecule has 0 saturated heterocycles. The van der Waals surface area contributed by atoms with Crippen LogP contribution >= 0.6 is 11.8 Å². The number of thioether (sulfide) groups is 1. The number of carbonyl (C=O) groups is 1. The molecule has 3 heterocycles. The van der Waals surface area contributed by atoms with Crippen LogP contribution in [0.3, 0.4) is 0 Å². The number of nitrogens with zero attached hydrogens (tertiary/aromatic N) is 2. The maximum atomic E-state index is 12.2. The Morgan fingerprint density at radius 2 is 1.60 bits per heavy atom. The number of furan rings is 2. The van der Waals surface area contributed by atoms with Gasteiger partial charge in [0.05, 0.1) is 0 Å². The van der Waals surface area contributed by atoms with E-state index in [-0.39, 0.29) is 47.9 Å². The molecule has 3 aromatic heterocycles. The Balaban J connectivity index is 0.000000301. The summed E-state index contributed by atoms with van der Waals surface area (Å²) in [4.78, 5) is 22.3. The molecule has 6 nitrogen and oxygen atoms in total. The molecule has 1 N–H and O–H groups in total. The molecule has 5 aromatic rings. The van der Waals surface area contributed by atoms with Crippen molar-refractivity contribution in [1.82, 2.24) is 9.97 Å². The van der Waals surface area contributed by atoms with Crippen LogP contribution in [0.5, 0.6) is 0 Å². The fourth-order valence-corrected chi connectivity index (χ4v) is 6.37. The summed E-state index contributed by atoms with van der Waals surface area (Å²) in [5.74, 6) is 1.14. The standard InChI is InChI=1S/C25H21N2O2S.C15H28O2.Ir/c1-6-30-19-10-8-15(12-18(19)25(3,4)5)21-20-17-9-7-16-11-14(2)28-22(16)23(17)29-24(20)27-13-26-21;1-7-14(5,8-2)12(16)11-13(17)15(6,9-3)10-4;/h6-7,9-13H,1H2,2-5H3;11,16H,7-10H2,1-6H3;/q-1;;/b;12-11-;. The number of ketones is 1. The van der Waals surface area contributed by atoms with Crippen molar-refractivity contribution in [3.8, 4) is 11.3 Å². The molecule has 48 heavy (non-hydrogen) atoms. The van der Waals surface area contributed by atoms with Crippen molar-refractivity contribution in [2.45, 2.75) is 105 Å². The van der Waals surface area contributed by atoms with Gasteiger partial charge < -0.3 is 13.9 Å². The van der Waals surface area contributed by atoms with Gasteiger partial charge in [-0.05, 0) is 49.5 Å². The quantitative estimate of drug-likeness (QED) is 0.0648. The number of aliphatic hydroxyl groups is 1. The summed E-state index contributed by atoms with van der Waals surface area (Å²) in [5.41, 5.74) is 4.31. The average Bonchev–Trinajstić information content (AvgIpc) is 3.63. The zero-order valence-corrected chi connectivity index (χ0v) is 33.2. The zero-order chi connectivity index (χ0) is 34.7. The maximum Gasteiger partial charge on any atom is 0.221 e. The number of allylic oxidation sites excluding steroid dienone is 2. The molecule has 8 heteroatoms. The Hall–Kier alpha value is -3.19. The Bertz CT molecular complexity index is 1940. The normalized spacial score (nSPS) is 12.6. The molecule has 0 saturated carbocycles. The van der Waals surface area contributed by atoms with E-state index in [4.69, 9.17) is 8.83 Å². The largest absolute Gasteiger partial charge is 0.512 e. The molecule has 0 spiro atoms. The first-order chi connectivity index (χ1) is 22.2. The Morgan fingerprint density at radius 1 is 0.958 bits per heavy atom. The Morgan fingerprint density at radius 3 is 2.19 bits per heavy atom. The third-order valence-corrected chi connectivity index (χ3v) is 10.6. The van der Waals surface area contributed by atoms with E-state index >= 15 is 0 Å². The summed E-state index contributed by atoms with van der Waals surface area (Å²) in [6.45, 7) is 24.5. The van der Waals surface area contributed by atoms with Gasteiger partial charge in [0.2, 0.25) is 5.71 Å². The van der Waals surface area contributed by atoms with E-state index in [1.807, 2.05) is 72.1 Å². The van der Waals surface area contributed by atoms with Gasteiger partial charge in [-0.25, -0.2) is 4.98 Å². The van der Waals surface area contributed by atoms with Crippen molar-refractivity contribution in [3.05, 3.63) is 77.9 Å². The van der Waals surface area contributed by atoms with Crippen LogP contribution in [0, 0.1) is 23.8 Å². The van der Waals surface area contributed by atoms with Crippen LogP contribution in [-0.4, -0.2) is 20.9 Å². The number of aryl methyl sites for hydroxylation is 1. The second-order valence-corrected chi connectivity index (χ2v) is 14.8. The minimum atomic E-state index is -0.337. The second-order valence-electron chi connectivity index (χ2n) is 13.8. The second kappa shape index (κ2) is 15.6. The van der Waals surface area contributed by atoms with Crippen molar-refractivity contribution in [2.75, 3.05) is 0 Å². The minimum Gasteiger partial charge on any atom is -0.512 e.